The summed E-state index contributed by atoms with van der Waals surface area (Å²) in [6.07, 6.45) is -2.12. The topological polar surface area (TPSA) is 49.4 Å². The van der Waals surface area contributed by atoms with Crippen LogP contribution in [0.25, 0.3) is 0 Å². The van der Waals surface area contributed by atoms with Crippen LogP contribution in [0.2, 0.25) is 0 Å². The van der Waals surface area contributed by atoms with Crippen molar-refractivity contribution in [3.05, 3.63) is 94.8 Å². The number of anilines is 1. The number of alkyl halides is 3. The van der Waals surface area contributed by atoms with E-state index in [4.69, 9.17) is 0 Å². The summed E-state index contributed by atoms with van der Waals surface area (Å²) in [5.41, 5.74) is 2.55. The van der Waals surface area contributed by atoms with Gasteiger partial charge in [0.25, 0.3) is 10.0 Å². The highest BCUT2D eigenvalue weighted by Crippen LogP contribution is 2.29. The zero-order chi connectivity index (χ0) is 24.3. The molecule has 0 bridgehead atoms. The van der Waals surface area contributed by atoms with E-state index in [-0.39, 0.29) is 4.90 Å². The molecular formula is C25H24F4N2O2S. The molecule has 0 aliphatic carbocycles. The van der Waals surface area contributed by atoms with Crippen molar-refractivity contribution in [3.63, 3.8) is 0 Å². The second-order valence-electron chi connectivity index (χ2n) is 8.37. The highest BCUT2D eigenvalue weighted by molar-refractivity contribution is 7.92. The third kappa shape index (κ3) is 5.95. The molecule has 1 N–H and O–H groups in total. The van der Waals surface area contributed by atoms with Crippen LogP contribution < -0.4 is 4.72 Å². The monoisotopic (exact) mass is 492 g/mol. The SMILES string of the molecule is O=S(=O)(Nc1ccc(F)cc1)c1ccc2c(c1)CCN(CCCc1ccc(C(F)(F)F)cc1)C2. The number of hydrogen-bond acceptors (Lipinski definition) is 3. The zero-order valence-corrected chi connectivity index (χ0v) is 19.1. The fourth-order valence-corrected chi connectivity index (χ4v) is 5.15. The van der Waals surface area contributed by atoms with Crippen molar-refractivity contribution >= 4 is 15.7 Å². The second kappa shape index (κ2) is 9.76. The average molecular weight is 493 g/mol. The first-order valence-electron chi connectivity index (χ1n) is 10.9. The van der Waals surface area contributed by atoms with Gasteiger partial charge in [-0.15, -0.1) is 0 Å². The van der Waals surface area contributed by atoms with Crippen molar-refractivity contribution < 1.29 is 26.0 Å². The molecule has 0 radical (unpaired) electrons. The van der Waals surface area contributed by atoms with E-state index in [0.717, 1.165) is 48.3 Å². The van der Waals surface area contributed by atoms with Gasteiger partial charge < -0.3 is 0 Å². The number of benzene rings is 3. The van der Waals surface area contributed by atoms with Crippen molar-refractivity contribution in [2.75, 3.05) is 17.8 Å². The van der Waals surface area contributed by atoms with Crippen LogP contribution in [0.4, 0.5) is 23.2 Å². The maximum atomic E-state index is 13.1. The Morgan fingerprint density at radius 2 is 1.62 bits per heavy atom. The number of hydrogen-bond donors (Lipinski definition) is 1. The lowest BCUT2D eigenvalue weighted by atomic mass is 9.99. The van der Waals surface area contributed by atoms with Crippen LogP contribution in [0.15, 0.2) is 71.6 Å². The summed E-state index contributed by atoms with van der Waals surface area (Å²) in [5, 5.41) is 0. The van der Waals surface area contributed by atoms with Gasteiger partial charge in [-0.05, 0) is 91.0 Å². The van der Waals surface area contributed by atoms with Crippen LogP contribution >= 0.6 is 0 Å². The van der Waals surface area contributed by atoms with Gasteiger partial charge >= 0.3 is 6.18 Å². The zero-order valence-electron chi connectivity index (χ0n) is 18.3. The molecule has 0 saturated carbocycles. The molecule has 34 heavy (non-hydrogen) atoms. The lowest BCUT2D eigenvalue weighted by molar-refractivity contribution is -0.137. The first kappa shape index (κ1) is 24.2. The molecule has 0 atom stereocenters. The van der Waals surface area contributed by atoms with Crippen LogP contribution in [0.1, 0.15) is 28.7 Å². The fourth-order valence-electron chi connectivity index (χ4n) is 4.04. The molecule has 3 aromatic carbocycles. The van der Waals surface area contributed by atoms with Crippen LogP contribution in [-0.2, 0) is 35.6 Å². The van der Waals surface area contributed by atoms with E-state index in [1.807, 2.05) is 6.07 Å². The summed E-state index contributed by atoms with van der Waals surface area (Å²) >= 11 is 0. The number of aryl methyl sites for hydroxylation is 1. The van der Waals surface area contributed by atoms with Gasteiger partial charge in [-0.25, -0.2) is 12.8 Å². The summed E-state index contributed by atoms with van der Waals surface area (Å²) in [6, 6.07) is 15.5. The Hall–Kier alpha value is -2.91. The van der Waals surface area contributed by atoms with E-state index in [9.17, 15) is 26.0 Å². The molecule has 0 spiro atoms. The minimum absolute atomic E-state index is 0.159. The maximum absolute atomic E-state index is 13.1. The minimum Gasteiger partial charge on any atom is -0.299 e. The molecule has 9 heteroatoms. The summed E-state index contributed by atoms with van der Waals surface area (Å²) in [5.74, 6) is -0.444. The normalized spacial score (nSPS) is 14.6. The third-order valence-corrected chi connectivity index (χ3v) is 7.28. The van der Waals surface area contributed by atoms with Gasteiger partial charge in [0.1, 0.15) is 5.82 Å². The van der Waals surface area contributed by atoms with Gasteiger partial charge in [-0.1, -0.05) is 18.2 Å². The van der Waals surface area contributed by atoms with Gasteiger partial charge in [0.2, 0.25) is 0 Å². The number of halogens is 4. The lowest BCUT2D eigenvalue weighted by Gasteiger charge is -2.29. The largest absolute Gasteiger partial charge is 0.416 e. The second-order valence-corrected chi connectivity index (χ2v) is 10.0. The van der Waals surface area contributed by atoms with Crippen molar-refractivity contribution in [1.82, 2.24) is 4.90 Å². The molecule has 4 nitrogen and oxygen atoms in total. The first-order chi connectivity index (χ1) is 16.1. The quantitative estimate of drug-likeness (QED) is 0.435. The van der Waals surface area contributed by atoms with Crippen molar-refractivity contribution in [1.29, 1.82) is 0 Å². The van der Waals surface area contributed by atoms with Crippen LogP contribution in [0.5, 0.6) is 0 Å². The van der Waals surface area contributed by atoms with Crippen LogP contribution in [0, 0.1) is 5.82 Å². The Labute approximate surface area is 196 Å². The number of fused-ring (bicyclic) bond motifs is 1. The molecule has 0 fully saturated rings. The van der Waals surface area contributed by atoms with E-state index < -0.39 is 27.6 Å². The molecule has 1 aliphatic heterocycles. The van der Waals surface area contributed by atoms with Crippen molar-refractivity contribution in [3.8, 4) is 0 Å². The predicted octanol–water partition coefficient (Wildman–Crippen LogP) is 5.64. The molecule has 0 saturated heterocycles. The van der Waals surface area contributed by atoms with Crippen molar-refractivity contribution in [2.45, 2.75) is 36.9 Å². The number of nitrogens with one attached hydrogen (secondary N) is 1. The summed E-state index contributed by atoms with van der Waals surface area (Å²) < 4.78 is 79.0. The highest BCUT2D eigenvalue weighted by Gasteiger charge is 2.29. The smallest absolute Gasteiger partial charge is 0.299 e. The van der Waals surface area contributed by atoms with Gasteiger partial charge in [-0.2, -0.15) is 13.2 Å². The maximum Gasteiger partial charge on any atom is 0.416 e. The molecule has 4 rings (SSSR count). The highest BCUT2D eigenvalue weighted by atomic mass is 32.2. The summed E-state index contributed by atoms with van der Waals surface area (Å²) in [7, 11) is -3.79. The van der Waals surface area contributed by atoms with Crippen LogP contribution in [0.3, 0.4) is 0 Å². The number of rotatable bonds is 7. The third-order valence-electron chi connectivity index (χ3n) is 5.90. The van der Waals surface area contributed by atoms with Gasteiger partial charge in [0.15, 0.2) is 0 Å². The molecular weight excluding hydrogens is 468 g/mol. The van der Waals surface area contributed by atoms with Gasteiger partial charge in [-0.3, -0.25) is 9.62 Å². The van der Waals surface area contributed by atoms with E-state index in [1.54, 1.807) is 12.1 Å². The average Bonchev–Trinajstić information content (AvgIpc) is 2.80. The van der Waals surface area contributed by atoms with Crippen molar-refractivity contribution in [2.24, 2.45) is 0 Å². The summed E-state index contributed by atoms with van der Waals surface area (Å²) in [4.78, 5) is 2.42. The lowest BCUT2D eigenvalue weighted by Crippen LogP contribution is -2.31. The fraction of sp³-hybridized carbons (Fsp3) is 0.280. The first-order valence-corrected chi connectivity index (χ1v) is 12.4. The Kier molecular flexibility index (Phi) is 6.95. The molecule has 1 aliphatic rings. The molecule has 0 aromatic heterocycles. The standard InChI is InChI=1S/C25H24F4N2O2S/c26-22-8-10-23(11-9-22)30-34(32,33)24-12-5-20-17-31(15-13-19(20)16-24)14-1-2-18-3-6-21(7-4-18)25(27,28)29/h3-12,16,30H,1-2,13-15,17H2. The van der Waals surface area contributed by atoms with Gasteiger partial charge in [0.05, 0.1) is 10.5 Å². The van der Waals surface area contributed by atoms with E-state index in [1.165, 1.54) is 36.4 Å². The summed E-state index contributed by atoms with van der Waals surface area (Å²) in [6.45, 7) is 2.26. The predicted molar refractivity (Wildman–Crippen MR) is 122 cm³/mol. The Bertz CT molecular complexity index is 1240. The molecule has 1 heterocycles. The Morgan fingerprint density at radius 1 is 0.912 bits per heavy atom. The molecule has 180 valence electrons. The Morgan fingerprint density at radius 3 is 2.29 bits per heavy atom. The molecule has 0 amide bonds. The molecule has 3 aromatic rings. The molecule has 0 unspecified atom stereocenters. The van der Waals surface area contributed by atoms with E-state index >= 15 is 0 Å². The van der Waals surface area contributed by atoms with E-state index in [2.05, 4.69) is 9.62 Å². The number of sulfonamides is 1. The minimum atomic E-state index is -4.32. The number of nitrogens with zero attached hydrogens (tertiary/aromatic N) is 1. The van der Waals surface area contributed by atoms with Crippen LogP contribution in [-0.4, -0.2) is 26.4 Å². The Balaban J connectivity index is 1.33. The van der Waals surface area contributed by atoms with E-state index in [0.29, 0.717) is 25.1 Å². The van der Waals surface area contributed by atoms with Gasteiger partial charge in [0, 0.05) is 18.8 Å².